The number of ether oxygens (including phenoxy) is 4. The minimum absolute atomic E-state index is 0.336. The predicted octanol–water partition coefficient (Wildman–Crippen LogP) is 5.05. The molecule has 148 valence electrons. The molecule has 1 aromatic carbocycles. The first-order valence-electron chi connectivity index (χ1n) is 9.58. The zero-order valence-corrected chi connectivity index (χ0v) is 16.7. The highest BCUT2D eigenvalue weighted by Gasteiger charge is 2.11. The Labute approximate surface area is 158 Å². The van der Waals surface area contributed by atoms with Crippen molar-refractivity contribution in [3.63, 3.8) is 0 Å². The van der Waals surface area contributed by atoms with Crippen molar-refractivity contribution >= 4 is 6.29 Å². The second-order valence-corrected chi connectivity index (χ2v) is 6.61. The average molecular weight is 366 g/mol. The third-order valence-corrected chi connectivity index (χ3v) is 4.14. The van der Waals surface area contributed by atoms with Crippen LogP contribution >= 0.6 is 0 Å². The minimum Gasteiger partial charge on any atom is -0.496 e. The first-order chi connectivity index (χ1) is 12.6. The van der Waals surface area contributed by atoms with Gasteiger partial charge in [0.2, 0.25) is 0 Å². The number of methoxy groups -OCH3 is 2. The van der Waals surface area contributed by atoms with E-state index in [1.54, 1.807) is 19.2 Å². The van der Waals surface area contributed by atoms with Crippen LogP contribution in [0.15, 0.2) is 12.1 Å². The van der Waals surface area contributed by atoms with E-state index in [4.69, 9.17) is 18.9 Å². The number of hydrogen-bond donors (Lipinski definition) is 0. The van der Waals surface area contributed by atoms with Gasteiger partial charge in [-0.2, -0.15) is 0 Å². The SMILES string of the molecule is COc1cc(OCCCCCCCCCOC(C)C)c(OC)cc1C=O. The van der Waals surface area contributed by atoms with Crippen LogP contribution in [0.1, 0.15) is 69.2 Å². The Morgan fingerprint density at radius 1 is 0.808 bits per heavy atom. The maximum absolute atomic E-state index is 11.1. The van der Waals surface area contributed by atoms with Crippen molar-refractivity contribution in [3.8, 4) is 17.2 Å². The summed E-state index contributed by atoms with van der Waals surface area (Å²) in [5.74, 6) is 1.66. The second kappa shape index (κ2) is 13.5. The van der Waals surface area contributed by atoms with Crippen LogP contribution in [0.25, 0.3) is 0 Å². The van der Waals surface area contributed by atoms with Gasteiger partial charge >= 0.3 is 0 Å². The molecule has 0 atom stereocenters. The summed E-state index contributed by atoms with van der Waals surface area (Å²) in [6.45, 7) is 5.65. The van der Waals surface area contributed by atoms with Crippen LogP contribution < -0.4 is 14.2 Å². The van der Waals surface area contributed by atoms with Gasteiger partial charge in [-0.1, -0.05) is 32.1 Å². The number of hydrogen-bond acceptors (Lipinski definition) is 5. The predicted molar refractivity (Wildman–Crippen MR) is 104 cm³/mol. The Balaban J connectivity index is 2.19. The summed E-state index contributed by atoms with van der Waals surface area (Å²) in [5.41, 5.74) is 0.454. The number of unbranched alkanes of at least 4 members (excludes halogenated alkanes) is 6. The van der Waals surface area contributed by atoms with Crippen LogP contribution in [-0.2, 0) is 4.74 Å². The van der Waals surface area contributed by atoms with Crippen LogP contribution in [0.4, 0.5) is 0 Å². The van der Waals surface area contributed by atoms with Crippen LogP contribution in [0.5, 0.6) is 17.2 Å². The van der Waals surface area contributed by atoms with Crippen molar-refractivity contribution in [1.29, 1.82) is 0 Å². The van der Waals surface area contributed by atoms with Crippen molar-refractivity contribution in [3.05, 3.63) is 17.7 Å². The monoisotopic (exact) mass is 366 g/mol. The van der Waals surface area contributed by atoms with Crippen molar-refractivity contribution in [2.24, 2.45) is 0 Å². The zero-order valence-electron chi connectivity index (χ0n) is 16.7. The van der Waals surface area contributed by atoms with Gasteiger partial charge in [0.1, 0.15) is 5.75 Å². The van der Waals surface area contributed by atoms with Crippen molar-refractivity contribution < 1.29 is 23.7 Å². The van der Waals surface area contributed by atoms with Crippen LogP contribution in [-0.4, -0.2) is 39.8 Å². The van der Waals surface area contributed by atoms with Gasteiger partial charge in [-0.25, -0.2) is 0 Å². The molecule has 5 heteroatoms. The molecule has 0 amide bonds. The summed E-state index contributed by atoms with van der Waals surface area (Å²) in [5, 5.41) is 0. The van der Waals surface area contributed by atoms with Crippen molar-refractivity contribution in [2.75, 3.05) is 27.4 Å². The first-order valence-corrected chi connectivity index (χ1v) is 9.58. The molecule has 0 aliphatic rings. The fourth-order valence-corrected chi connectivity index (χ4v) is 2.69. The molecule has 0 aliphatic carbocycles. The van der Waals surface area contributed by atoms with E-state index in [9.17, 15) is 4.79 Å². The standard InChI is InChI=1S/C21H34O5/c1-17(2)25-12-10-8-6-5-7-9-11-13-26-21-15-19(23-3)18(16-22)14-20(21)24-4/h14-17H,5-13H2,1-4H3. The second-order valence-electron chi connectivity index (χ2n) is 6.61. The first kappa shape index (κ1) is 22.3. The van der Waals surface area contributed by atoms with Crippen LogP contribution in [0.2, 0.25) is 0 Å². The molecule has 1 aromatic rings. The fourth-order valence-electron chi connectivity index (χ4n) is 2.69. The molecule has 5 nitrogen and oxygen atoms in total. The third-order valence-electron chi connectivity index (χ3n) is 4.14. The molecular formula is C21H34O5. The summed E-state index contributed by atoms with van der Waals surface area (Å²) >= 11 is 0. The Kier molecular flexibility index (Phi) is 11.5. The maximum atomic E-state index is 11.1. The van der Waals surface area contributed by atoms with Gasteiger partial charge in [0.25, 0.3) is 0 Å². The van der Waals surface area contributed by atoms with Gasteiger partial charge in [0.15, 0.2) is 17.8 Å². The number of aldehydes is 1. The Hall–Kier alpha value is -1.75. The normalized spacial score (nSPS) is 10.8. The Morgan fingerprint density at radius 2 is 1.38 bits per heavy atom. The number of rotatable bonds is 15. The summed E-state index contributed by atoms with van der Waals surface area (Å²) in [7, 11) is 3.10. The maximum Gasteiger partial charge on any atom is 0.164 e. The Morgan fingerprint density at radius 3 is 1.92 bits per heavy atom. The topological polar surface area (TPSA) is 54.0 Å². The smallest absolute Gasteiger partial charge is 0.164 e. The largest absolute Gasteiger partial charge is 0.496 e. The van der Waals surface area contributed by atoms with Crippen molar-refractivity contribution in [1.82, 2.24) is 0 Å². The van der Waals surface area contributed by atoms with E-state index in [0.717, 1.165) is 32.2 Å². The molecule has 0 heterocycles. The highest BCUT2D eigenvalue weighted by Crippen LogP contribution is 2.34. The highest BCUT2D eigenvalue weighted by atomic mass is 16.5. The van der Waals surface area contributed by atoms with Gasteiger partial charge in [-0.3, -0.25) is 4.79 Å². The Bertz CT molecular complexity index is 513. The lowest BCUT2D eigenvalue weighted by molar-refractivity contribution is 0.0756. The molecule has 0 N–H and O–H groups in total. The van der Waals surface area contributed by atoms with Gasteiger partial charge < -0.3 is 18.9 Å². The zero-order chi connectivity index (χ0) is 19.2. The molecule has 0 radical (unpaired) electrons. The quantitative estimate of drug-likeness (QED) is 0.321. The molecule has 0 bridgehead atoms. The molecular weight excluding hydrogens is 332 g/mol. The van der Waals surface area contributed by atoms with Crippen LogP contribution in [0, 0.1) is 0 Å². The van der Waals surface area contributed by atoms with E-state index in [1.165, 1.54) is 32.8 Å². The lowest BCUT2D eigenvalue weighted by Gasteiger charge is -2.13. The molecule has 0 fully saturated rings. The minimum atomic E-state index is 0.336. The van der Waals surface area contributed by atoms with E-state index in [0.29, 0.717) is 35.5 Å². The third kappa shape index (κ3) is 8.56. The van der Waals surface area contributed by atoms with Crippen molar-refractivity contribution in [2.45, 2.75) is 64.9 Å². The van der Waals surface area contributed by atoms with E-state index >= 15 is 0 Å². The fraction of sp³-hybridized carbons (Fsp3) is 0.667. The number of carbonyl (C=O) groups excluding carboxylic acids is 1. The molecule has 26 heavy (non-hydrogen) atoms. The molecule has 1 rings (SSSR count). The summed E-state index contributed by atoms with van der Waals surface area (Å²) < 4.78 is 21.9. The highest BCUT2D eigenvalue weighted by molar-refractivity contribution is 5.81. The van der Waals surface area contributed by atoms with E-state index in [2.05, 4.69) is 13.8 Å². The van der Waals surface area contributed by atoms with E-state index < -0.39 is 0 Å². The van der Waals surface area contributed by atoms with Gasteiger partial charge in [0.05, 0.1) is 32.5 Å². The lowest BCUT2D eigenvalue weighted by atomic mass is 10.1. The molecule has 0 aliphatic heterocycles. The van der Waals surface area contributed by atoms with Crippen LogP contribution in [0.3, 0.4) is 0 Å². The average Bonchev–Trinajstić information content (AvgIpc) is 2.65. The molecule has 0 saturated heterocycles. The number of benzene rings is 1. The summed E-state index contributed by atoms with van der Waals surface area (Å²) in [6, 6.07) is 3.35. The molecule has 0 aromatic heterocycles. The molecule has 0 saturated carbocycles. The van der Waals surface area contributed by atoms with E-state index in [1.807, 2.05) is 0 Å². The van der Waals surface area contributed by atoms with Gasteiger partial charge in [-0.15, -0.1) is 0 Å². The summed E-state index contributed by atoms with van der Waals surface area (Å²) in [6.07, 6.45) is 9.37. The molecule has 0 unspecified atom stereocenters. The lowest BCUT2D eigenvalue weighted by Crippen LogP contribution is -2.03. The summed E-state index contributed by atoms with van der Waals surface area (Å²) in [4.78, 5) is 11.1. The van der Waals surface area contributed by atoms with Gasteiger partial charge in [-0.05, 0) is 32.8 Å². The number of carbonyl (C=O) groups is 1. The molecule has 0 spiro atoms. The van der Waals surface area contributed by atoms with Gasteiger partial charge in [0, 0.05) is 12.7 Å². The van der Waals surface area contributed by atoms with E-state index in [-0.39, 0.29) is 0 Å².